The lowest BCUT2D eigenvalue weighted by Gasteiger charge is -2.13. The first-order valence-corrected chi connectivity index (χ1v) is 5.28. The van der Waals surface area contributed by atoms with Crippen molar-refractivity contribution in [1.82, 2.24) is 20.8 Å². The van der Waals surface area contributed by atoms with Gasteiger partial charge in [-0.15, -0.1) is 0 Å². The van der Waals surface area contributed by atoms with Gasteiger partial charge in [0.25, 0.3) is 0 Å². The van der Waals surface area contributed by atoms with Gasteiger partial charge in [-0.3, -0.25) is 0 Å². The monoisotopic (exact) mass is 254 g/mol. The van der Waals surface area contributed by atoms with Crippen LogP contribution in [0.15, 0.2) is 18.3 Å². The Hall–Kier alpha value is -2.22. The lowest BCUT2D eigenvalue weighted by atomic mass is 10.2. The lowest BCUT2D eigenvalue weighted by molar-refractivity contribution is -0.139. The number of aliphatic hydroxyl groups is 1. The predicted octanol–water partition coefficient (Wildman–Crippen LogP) is -0.889. The fourth-order valence-corrected chi connectivity index (χ4v) is 1.19. The minimum Gasteiger partial charge on any atom is -0.480 e. The number of aromatic nitrogens is 2. The van der Waals surface area contributed by atoms with Crippen LogP contribution < -0.4 is 10.6 Å². The molecule has 4 N–H and O–H groups in total. The summed E-state index contributed by atoms with van der Waals surface area (Å²) < 4.78 is 0. The molecule has 2 amide bonds. The van der Waals surface area contributed by atoms with Crippen LogP contribution >= 0.6 is 0 Å². The van der Waals surface area contributed by atoms with Gasteiger partial charge in [0.05, 0.1) is 12.2 Å². The van der Waals surface area contributed by atoms with Crippen molar-refractivity contribution in [1.29, 1.82) is 0 Å². The number of amides is 2. The Morgan fingerprint density at radius 3 is 2.78 bits per heavy atom. The highest BCUT2D eigenvalue weighted by Gasteiger charge is 2.18. The summed E-state index contributed by atoms with van der Waals surface area (Å²) in [5, 5.41) is 29.5. The Kier molecular flexibility index (Phi) is 5.52. The van der Waals surface area contributed by atoms with Crippen molar-refractivity contribution in [3.05, 3.63) is 24.0 Å². The summed E-state index contributed by atoms with van der Waals surface area (Å²) in [6.45, 7) is -0.174. The van der Waals surface area contributed by atoms with Crippen molar-refractivity contribution < 1.29 is 19.8 Å². The molecule has 0 spiro atoms. The molecule has 0 fully saturated rings. The average Bonchev–Trinajstić information content (AvgIpc) is 2.37. The largest absolute Gasteiger partial charge is 0.480 e. The number of aliphatic hydroxyl groups excluding tert-OH is 1. The number of nitrogens with one attached hydrogen (secondary N) is 2. The van der Waals surface area contributed by atoms with E-state index in [-0.39, 0.29) is 19.6 Å². The van der Waals surface area contributed by atoms with Crippen molar-refractivity contribution in [3.8, 4) is 0 Å². The van der Waals surface area contributed by atoms with Crippen LogP contribution in [0.1, 0.15) is 12.1 Å². The van der Waals surface area contributed by atoms with E-state index in [1.54, 1.807) is 12.1 Å². The summed E-state index contributed by atoms with van der Waals surface area (Å²) in [5.41, 5.74) is 0.557. The van der Waals surface area contributed by atoms with Crippen molar-refractivity contribution in [2.75, 3.05) is 6.61 Å². The number of nitrogens with zero attached hydrogens (tertiary/aromatic N) is 2. The maximum atomic E-state index is 11.4. The number of carboxylic acids is 1. The molecule has 1 aromatic rings. The number of carbonyl (C=O) groups excluding carboxylic acids is 1. The quantitative estimate of drug-likeness (QED) is 0.522. The molecule has 1 heterocycles. The topological polar surface area (TPSA) is 124 Å². The van der Waals surface area contributed by atoms with Gasteiger partial charge >= 0.3 is 12.0 Å². The molecule has 8 nitrogen and oxygen atoms in total. The first kappa shape index (κ1) is 13.8. The van der Waals surface area contributed by atoms with Crippen LogP contribution in [0, 0.1) is 0 Å². The molecule has 0 aliphatic carbocycles. The molecule has 0 saturated heterocycles. The van der Waals surface area contributed by atoms with Gasteiger partial charge in [-0.05, 0) is 12.1 Å². The third-order valence-corrected chi connectivity index (χ3v) is 2.08. The Balaban J connectivity index is 2.39. The van der Waals surface area contributed by atoms with Crippen molar-refractivity contribution in [3.63, 3.8) is 0 Å². The molecule has 0 unspecified atom stereocenters. The molecule has 1 rings (SSSR count). The predicted molar refractivity (Wildman–Crippen MR) is 60.5 cm³/mol. The Labute approximate surface area is 103 Å². The second kappa shape index (κ2) is 7.17. The molecule has 18 heavy (non-hydrogen) atoms. The molecule has 1 atom stereocenters. The van der Waals surface area contributed by atoms with Crippen molar-refractivity contribution >= 4 is 12.0 Å². The second-order valence-corrected chi connectivity index (χ2v) is 3.45. The van der Waals surface area contributed by atoms with Crippen LogP contribution in [0.3, 0.4) is 0 Å². The molecular weight excluding hydrogens is 240 g/mol. The Bertz CT molecular complexity index is 398. The molecular formula is C10H14N4O4. The van der Waals surface area contributed by atoms with Crippen molar-refractivity contribution in [2.45, 2.75) is 19.0 Å². The van der Waals surface area contributed by atoms with E-state index in [0.717, 1.165) is 0 Å². The molecule has 1 aromatic heterocycles. The minimum atomic E-state index is -1.20. The van der Waals surface area contributed by atoms with Crippen LogP contribution in [0.25, 0.3) is 0 Å². The zero-order chi connectivity index (χ0) is 13.4. The standard InChI is InChI=1S/C10H14N4O4/c15-5-3-8(9(16)17)13-10(18)11-6-7-2-1-4-12-14-7/h1-2,4,8,15H,3,5-6H2,(H,16,17)(H2,11,13,18)/t8-/m0/s1. The third kappa shape index (κ3) is 4.74. The van der Waals surface area contributed by atoms with E-state index >= 15 is 0 Å². The summed E-state index contributed by atoms with van der Waals surface area (Å²) in [6, 6.07) is 1.60. The number of urea groups is 1. The highest BCUT2D eigenvalue weighted by Crippen LogP contribution is 1.93. The minimum absolute atomic E-state index is 0.0477. The zero-order valence-corrected chi connectivity index (χ0v) is 9.54. The average molecular weight is 254 g/mol. The number of rotatable bonds is 6. The van der Waals surface area contributed by atoms with Gasteiger partial charge in [0.1, 0.15) is 6.04 Å². The van der Waals surface area contributed by atoms with Crippen LogP contribution in [0.5, 0.6) is 0 Å². The first-order chi connectivity index (χ1) is 8.63. The Morgan fingerprint density at radius 1 is 1.44 bits per heavy atom. The van der Waals surface area contributed by atoms with Gasteiger partial charge in [0, 0.05) is 19.2 Å². The van der Waals surface area contributed by atoms with Crippen LogP contribution in [-0.4, -0.2) is 45.1 Å². The molecule has 0 radical (unpaired) electrons. The van der Waals surface area contributed by atoms with E-state index < -0.39 is 18.0 Å². The zero-order valence-electron chi connectivity index (χ0n) is 9.54. The smallest absolute Gasteiger partial charge is 0.326 e. The van der Waals surface area contributed by atoms with E-state index in [1.165, 1.54) is 6.20 Å². The van der Waals surface area contributed by atoms with E-state index in [4.69, 9.17) is 10.2 Å². The van der Waals surface area contributed by atoms with E-state index in [2.05, 4.69) is 20.8 Å². The number of hydrogen-bond acceptors (Lipinski definition) is 5. The highest BCUT2D eigenvalue weighted by atomic mass is 16.4. The van der Waals surface area contributed by atoms with Gasteiger partial charge in [0.2, 0.25) is 0 Å². The third-order valence-electron chi connectivity index (χ3n) is 2.08. The van der Waals surface area contributed by atoms with E-state index in [9.17, 15) is 9.59 Å². The molecule has 0 aliphatic heterocycles. The molecule has 8 heteroatoms. The normalized spacial score (nSPS) is 11.6. The maximum absolute atomic E-state index is 11.4. The molecule has 98 valence electrons. The van der Waals surface area contributed by atoms with Gasteiger partial charge in [-0.1, -0.05) is 0 Å². The highest BCUT2D eigenvalue weighted by molar-refractivity contribution is 5.82. The molecule has 0 bridgehead atoms. The molecule has 0 saturated carbocycles. The van der Waals surface area contributed by atoms with E-state index in [1.807, 2.05) is 0 Å². The van der Waals surface area contributed by atoms with Gasteiger partial charge in [0.15, 0.2) is 0 Å². The molecule has 0 aliphatic rings. The summed E-state index contributed by atoms with van der Waals surface area (Å²) >= 11 is 0. The van der Waals surface area contributed by atoms with Crippen molar-refractivity contribution in [2.24, 2.45) is 0 Å². The van der Waals surface area contributed by atoms with Gasteiger partial charge in [-0.25, -0.2) is 9.59 Å². The lowest BCUT2D eigenvalue weighted by Crippen LogP contribution is -2.46. The number of hydrogen-bond donors (Lipinski definition) is 4. The summed E-state index contributed by atoms with van der Waals surface area (Å²) in [7, 11) is 0. The number of carboxylic acid groups (broad SMARTS) is 1. The van der Waals surface area contributed by atoms with Crippen LogP contribution in [0.2, 0.25) is 0 Å². The Morgan fingerprint density at radius 2 is 2.22 bits per heavy atom. The fraction of sp³-hybridized carbons (Fsp3) is 0.400. The fourth-order valence-electron chi connectivity index (χ4n) is 1.19. The first-order valence-electron chi connectivity index (χ1n) is 5.28. The van der Waals surface area contributed by atoms with E-state index in [0.29, 0.717) is 5.69 Å². The maximum Gasteiger partial charge on any atom is 0.326 e. The molecule has 0 aromatic carbocycles. The van der Waals surface area contributed by atoms with Crippen LogP contribution in [-0.2, 0) is 11.3 Å². The summed E-state index contributed by atoms with van der Waals surface area (Å²) in [4.78, 5) is 22.1. The number of carbonyl (C=O) groups is 2. The van der Waals surface area contributed by atoms with Gasteiger partial charge in [-0.2, -0.15) is 10.2 Å². The second-order valence-electron chi connectivity index (χ2n) is 3.45. The van der Waals surface area contributed by atoms with Gasteiger partial charge < -0.3 is 20.8 Å². The number of aliphatic carboxylic acids is 1. The SMILES string of the molecule is O=C(NCc1cccnn1)N[C@@H](CCO)C(=O)O. The summed E-state index contributed by atoms with van der Waals surface area (Å²) in [5.74, 6) is -1.20. The summed E-state index contributed by atoms with van der Waals surface area (Å²) in [6.07, 6.45) is 1.46. The van der Waals surface area contributed by atoms with Crippen LogP contribution in [0.4, 0.5) is 4.79 Å².